The van der Waals surface area contributed by atoms with Crippen molar-refractivity contribution in [3.05, 3.63) is 12.7 Å². The van der Waals surface area contributed by atoms with Gasteiger partial charge in [0, 0.05) is 12.6 Å². The molecule has 0 aromatic rings. The zero-order chi connectivity index (χ0) is 9.03. The molecule has 1 aliphatic rings. The Morgan fingerprint density at radius 1 is 1.42 bits per heavy atom. The van der Waals surface area contributed by atoms with E-state index < -0.39 is 0 Å². The van der Waals surface area contributed by atoms with Crippen LogP contribution >= 0.6 is 0 Å². The van der Waals surface area contributed by atoms with Crippen LogP contribution in [-0.2, 0) is 0 Å². The molecule has 0 unspecified atom stereocenters. The van der Waals surface area contributed by atoms with E-state index in [4.69, 9.17) is 0 Å². The van der Waals surface area contributed by atoms with Crippen molar-refractivity contribution < 1.29 is 0 Å². The third-order valence-corrected chi connectivity index (χ3v) is 2.89. The molecule has 0 aromatic carbocycles. The van der Waals surface area contributed by atoms with E-state index in [0.29, 0.717) is 5.41 Å². The van der Waals surface area contributed by atoms with Crippen LogP contribution in [0.25, 0.3) is 0 Å². The van der Waals surface area contributed by atoms with Crippen molar-refractivity contribution in [1.82, 2.24) is 5.32 Å². The second kappa shape index (κ2) is 4.08. The molecule has 1 fully saturated rings. The second-order valence-corrected chi connectivity index (χ2v) is 4.64. The van der Waals surface area contributed by atoms with Crippen LogP contribution in [0.2, 0.25) is 0 Å². The molecule has 1 aliphatic carbocycles. The fourth-order valence-electron chi connectivity index (χ4n) is 1.85. The van der Waals surface area contributed by atoms with Crippen LogP contribution in [0.4, 0.5) is 0 Å². The molecule has 1 rings (SSSR count). The Morgan fingerprint density at radius 3 is 2.50 bits per heavy atom. The molecule has 0 atom stereocenters. The molecule has 1 N–H and O–H groups in total. The zero-order valence-corrected chi connectivity index (χ0v) is 8.40. The third kappa shape index (κ3) is 2.98. The minimum absolute atomic E-state index is 0.590. The van der Waals surface area contributed by atoms with Gasteiger partial charge in [0.15, 0.2) is 0 Å². The molecule has 0 radical (unpaired) electrons. The Kier molecular flexibility index (Phi) is 3.33. The Bertz CT molecular complexity index is 139. The van der Waals surface area contributed by atoms with Gasteiger partial charge in [0.25, 0.3) is 0 Å². The number of hydrogen-bond acceptors (Lipinski definition) is 1. The van der Waals surface area contributed by atoms with Gasteiger partial charge in [-0.25, -0.2) is 0 Å². The third-order valence-electron chi connectivity index (χ3n) is 2.89. The first-order chi connectivity index (χ1) is 5.64. The first-order valence-electron chi connectivity index (χ1n) is 4.98. The lowest BCUT2D eigenvalue weighted by molar-refractivity contribution is 0.209. The summed E-state index contributed by atoms with van der Waals surface area (Å²) in [4.78, 5) is 0. The van der Waals surface area contributed by atoms with Crippen molar-refractivity contribution in [2.24, 2.45) is 5.41 Å². The molecule has 12 heavy (non-hydrogen) atoms. The lowest BCUT2D eigenvalue weighted by atomic mass is 9.75. The molecule has 0 bridgehead atoms. The average molecular weight is 167 g/mol. The van der Waals surface area contributed by atoms with Crippen molar-refractivity contribution in [3.8, 4) is 0 Å². The molecule has 1 nitrogen and oxygen atoms in total. The maximum absolute atomic E-state index is 3.71. The van der Waals surface area contributed by atoms with E-state index in [1.807, 2.05) is 6.08 Å². The monoisotopic (exact) mass is 167 g/mol. The average Bonchev–Trinajstić information content (AvgIpc) is 2.03. The topological polar surface area (TPSA) is 12.0 Å². The Morgan fingerprint density at radius 2 is 2.00 bits per heavy atom. The van der Waals surface area contributed by atoms with E-state index >= 15 is 0 Å². The summed E-state index contributed by atoms with van der Waals surface area (Å²) < 4.78 is 0. The van der Waals surface area contributed by atoms with E-state index in [9.17, 15) is 0 Å². The number of hydrogen-bond donors (Lipinski definition) is 1. The van der Waals surface area contributed by atoms with Gasteiger partial charge in [-0.3, -0.25) is 0 Å². The SMILES string of the molecule is C=CCNC1CCC(C)(C)CC1. The molecule has 70 valence electrons. The van der Waals surface area contributed by atoms with Crippen molar-refractivity contribution in [1.29, 1.82) is 0 Å². The largest absolute Gasteiger partial charge is 0.311 e. The molecule has 0 aliphatic heterocycles. The Balaban J connectivity index is 2.22. The molecule has 1 saturated carbocycles. The van der Waals surface area contributed by atoms with Crippen molar-refractivity contribution in [2.75, 3.05) is 6.54 Å². The minimum atomic E-state index is 0.590. The summed E-state index contributed by atoms with van der Waals surface area (Å²) in [7, 11) is 0. The number of rotatable bonds is 3. The predicted molar refractivity (Wildman–Crippen MR) is 54.2 cm³/mol. The molecule has 0 aromatic heterocycles. The standard InChI is InChI=1S/C11H21N/c1-4-9-12-10-5-7-11(2,3)8-6-10/h4,10,12H,1,5-9H2,2-3H3. The highest BCUT2D eigenvalue weighted by Crippen LogP contribution is 2.34. The summed E-state index contributed by atoms with van der Waals surface area (Å²) in [6.07, 6.45) is 7.34. The van der Waals surface area contributed by atoms with E-state index in [0.717, 1.165) is 12.6 Å². The smallest absolute Gasteiger partial charge is 0.0134 e. The summed E-state index contributed by atoms with van der Waals surface area (Å²) in [5.74, 6) is 0. The quantitative estimate of drug-likeness (QED) is 0.637. The first kappa shape index (κ1) is 9.79. The van der Waals surface area contributed by atoms with Crippen molar-refractivity contribution >= 4 is 0 Å². The molecule has 0 spiro atoms. The van der Waals surface area contributed by atoms with Gasteiger partial charge >= 0.3 is 0 Å². The van der Waals surface area contributed by atoms with Crippen LogP contribution < -0.4 is 5.32 Å². The minimum Gasteiger partial charge on any atom is -0.311 e. The van der Waals surface area contributed by atoms with Crippen LogP contribution in [0, 0.1) is 5.41 Å². The van der Waals surface area contributed by atoms with Gasteiger partial charge in [-0.05, 0) is 31.1 Å². The summed E-state index contributed by atoms with van der Waals surface area (Å²) >= 11 is 0. The molecule has 1 heteroatoms. The fourth-order valence-corrected chi connectivity index (χ4v) is 1.85. The number of nitrogens with one attached hydrogen (secondary N) is 1. The van der Waals surface area contributed by atoms with Gasteiger partial charge in [0.1, 0.15) is 0 Å². The summed E-state index contributed by atoms with van der Waals surface area (Å²) in [6, 6.07) is 0.746. The van der Waals surface area contributed by atoms with E-state index in [-0.39, 0.29) is 0 Å². The molecule has 0 saturated heterocycles. The van der Waals surface area contributed by atoms with Crippen LogP contribution in [0.1, 0.15) is 39.5 Å². The van der Waals surface area contributed by atoms with Crippen LogP contribution in [-0.4, -0.2) is 12.6 Å². The van der Waals surface area contributed by atoms with E-state index in [1.54, 1.807) is 0 Å². The van der Waals surface area contributed by atoms with Gasteiger partial charge < -0.3 is 5.32 Å². The summed E-state index contributed by atoms with van der Waals surface area (Å²) in [6.45, 7) is 9.42. The maximum atomic E-state index is 3.71. The lowest BCUT2D eigenvalue weighted by Gasteiger charge is -2.34. The lowest BCUT2D eigenvalue weighted by Crippen LogP contribution is -2.35. The Labute approximate surface area is 76.2 Å². The fraction of sp³-hybridized carbons (Fsp3) is 0.818. The van der Waals surface area contributed by atoms with Crippen molar-refractivity contribution in [3.63, 3.8) is 0 Å². The highest BCUT2D eigenvalue weighted by molar-refractivity contribution is 4.83. The van der Waals surface area contributed by atoms with E-state index in [1.165, 1.54) is 25.7 Å². The van der Waals surface area contributed by atoms with Crippen LogP contribution in [0.3, 0.4) is 0 Å². The van der Waals surface area contributed by atoms with E-state index in [2.05, 4.69) is 25.7 Å². The van der Waals surface area contributed by atoms with Crippen LogP contribution in [0.5, 0.6) is 0 Å². The van der Waals surface area contributed by atoms with Gasteiger partial charge in [0.2, 0.25) is 0 Å². The van der Waals surface area contributed by atoms with Gasteiger partial charge in [-0.15, -0.1) is 6.58 Å². The van der Waals surface area contributed by atoms with Crippen molar-refractivity contribution in [2.45, 2.75) is 45.6 Å². The first-order valence-corrected chi connectivity index (χ1v) is 4.98. The van der Waals surface area contributed by atoms with Gasteiger partial charge in [-0.2, -0.15) is 0 Å². The summed E-state index contributed by atoms with van der Waals surface area (Å²) in [5.41, 5.74) is 0.590. The molecule has 0 amide bonds. The predicted octanol–water partition coefficient (Wildman–Crippen LogP) is 2.73. The molecule has 0 heterocycles. The highest BCUT2D eigenvalue weighted by atomic mass is 14.9. The zero-order valence-electron chi connectivity index (χ0n) is 8.40. The summed E-state index contributed by atoms with van der Waals surface area (Å²) in [5, 5.41) is 3.49. The molecular formula is C11H21N. The Hall–Kier alpha value is -0.300. The highest BCUT2D eigenvalue weighted by Gasteiger charge is 2.25. The maximum Gasteiger partial charge on any atom is 0.0134 e. The second-order valence-electron chi connectivity index (χ2n) is 4.64. The van der Waals surface area contributed by atoms with Crippen LogP contribution in [0.15, 0.2) is 12.7 Å². The van der Waals surface area contributed by atoms with Gasteiger partial charge in [-0.1, -0.05) is 19.9 Å². The normalized spacial score (nSPS) is 23.8. The van der Waals surface area contributed by atoms with Gasteiger partial charge in [0.05, 0.1) is 0 Å². The molecular weight excluding hydrogens is 146 g/mol.